The van der Waals surface area contributed by atoms with Crippen LogP contribution in [-0.4, -0.2) is 41.1 Å². The first-order valence-electron chi connectivity index (χ1n) is 6.52. The van der Waals surface area contributed by atoms with Crippen LogP contribution in [0.3, 0.4) is 0 Å². The number of benzene rings is 1. The summed E-state index contributed by atoms with van der Waals surface area (Å²) in [6, 6.07) is 7.36. The highest BCUT2D eigenvalue weighted by Crippen LogP contribution is 2.30. The molecular weight excluding hydrogens is 258 g/mol. The lowest BCUT2D eigenvalue weighted by Crippen LogP contribution is -2.49. The summed E-state index contributed by atoms with van der Waals surface area (Å²) in [6.45, 7) is 3.97. The van der Waals surface area contributed by atoms with Gasteiger partial charge in [0.15, 0.2) is 0 Å². The molecule has 1 aliphatic heterocycles. The van der Waals surface area contributed by atoms with Crippen molar-refractivity contribution in [1.82, 2.24) is 4.90 Å². The summed E-state index contributed by atoms with van der Waals surface area (Å²) >= 11 is 0. The molecule has 0 saturated carbocycles. The van der Waals surface area contributed by atoms with E-state index < -0.39 is 17.5 Å². The molecule has 1 aromatic rings. The predicted molar refractivity (Wildman–Crippen MR) is 73.3 cm³/mol. The second-order valence-electron chi connectivity index (χ2n) is 5.49. The average Bonchev–Trinajstić information content (AvgIpc) is 2.45. The number of nitrogens with zero attached hydrogens (tertiary/aromatic N) is 1. The Morgan fingerprint density at radius 3 is 2.60 bits per heavy atom. The van der Waals surface area contributed by atoms with Crippen molar-refractivity contribution < 1.29 is 19.4 Å². The quantitative estimate of drug-likeness (QED) is 0.911. The van der Waals surface area contributed by atoms with Crippen LogP contribution < -0.4 is 0 Å². The Balaban J connectivity index is 2.34. The molecule has 0 bridgehead atoms. The molecule has 20 heavy (non-hydrogen) atoms. The summed E-state index contributed by atoms with van der Waals surface area (Å²) in [5.41, 5.74) is 0.723. The standard InChI is InChI=1S/C15H19NO4/c1-15(2,20-3)14(19)16-8-10-6-4-5-7-11(10)12(9-16)13(17)18/h4-7,12H,8-9H2,1-3H3,(H,17,18). The van der Waals surface area contributed by atoms with E-state index in [9.17, 15) is 14.7 Å². The number of ether oxygens (including phenoxy) is 1. The third-order valence-electron chi connectivity index (χ3n) is 3.81. The molecule has 1 N–H and O–H groups in total. The van der Waals surface area contributed by atoms with Gasteiger partial charge in [-0.3, -0.25) is 9.59 Å². The van der Waals surface area contributed by atoms with E-state index >= 15 is 0 Å². The zero-order chi connectivity index (χ0) is 14.9. The van der Waals surface area contributed by atoms with Gasteiger partial charge in [-0.05, 0) is 25.0 Å². The Morgan fingerprint density at radius 1 is 1.35 bits per heavy atom. The summed E-state index contributed by atoms with van der Waals surface area (Å²) in [5, 5.41) is 9.38. The summed E-state index contributed by atoms with van der Waals surface area (Å²) in [6.07, 6.45) is 0. The first kappa shape index (κ1) is 14.5. The van der Waals surface area contributed by atoms with Gasteiger partial charge in [0.1, 0.15) is 5.60 Å². The number of aliphatic carboxylic acids is 1. The van der Waals surface area contributed by atoms with Crippen LogP contribution in [0.15, 0.2) is 24.3 Å². The molecule has 0 saturated heterocycles. The lowest BCUT2D eigenvalue weighted by molar-refractivity contribution is -0.153. The Bertz CT molecular complexity index is 538. The number of rotatable bonds is 3. The summed E-state index contributed by atoms with van der Waals surface area (Å²) < 4.78 is 5.20. The predicted octanol–water partition coefficient (Wildman–Crippen LogP) is 1.62. The van der Waals surface area contributed by atoms with Gasteiger partial charge >= 0.3 is 5.97 Å². The van der Waals surface area contributed by atoms with E-state index in [-0.39, 0.29) is 12.5 Å². The van der Waals surface area contributed by atoms with Crippen LogP contribution in [0.5, 0.6) is 0 Å². The monoisotopic (exact) mass is 277 g/mol. The molecular formula is C15H19NO4. The molecule has 5 heteroatoms. The lowest BCUT2D eigenvalue weighted by atomic mass is 9.89. The lowest BCUT2D eigenvalue weighted by Gasteiger charge is -2.36. The van der Waals surface area contributed by atoms with Gasteiger partial charge in [0.05, 0.1) is 5.92 Å². The van der Waals surface area contributed by atoms with Crippen molar-refractivity contribution in [3.8, 4) is 0 Å². The van der Waals surface area contributed by atoms with Gasteiger partial charge in [0.2, 0.25) is 0 Å². The fraction of sp³-hybridized carbons (Fsp3) is 0.467. The molecule has 1 aromatic carbocycles. The highest BCUT2D eigenvalue weighted by atomic mass is 16.5. The number of carboxylic acids is 1. The number of fused-ring (bicyclic) bond motifs is 1. The minimum Gasteiger partial charge on any atom is -0.481 e. The zero-order valence-electron chi connectivity index (χ0n) is 11.9. The number of carboxylic acid groups (broad SMARTS) is 1. The van der Waals surface area contributed by atoms with Crippen LogP contribution in [0.2, 0.25) is 0 Å². The molecule has 0 aliphatic carbocycles. The van der Waals surface area contributed by atoms with Gasteiger partial charge in [-0.2, -0.15) is 0 Å². The third kappa shape index (κ3) is 2.54. The summed E-state index contributed by atoms with van der Waals surface area (Å²) in [5.74, 6) is -1.79. The molecule has 1 heterocycles. The molecule has 0 aromatic heterocycles. The maximum Gasteiger partial charge on any atom is 0.312 e. The van der Waals surface area contributed by atoms with Crippen LogP contribution in [0, 0.1) is 0 Å². The van der Waals surface area contributed by atoms with Gasteiger partial charge in [-0.1, -0.05) is 24.3 Å². The molecule has 1 atom stereocenters. The molecule has 108 valence electrons. The zero-order valence-corrected chi connectivity index (χ0v) is 11.9. The van der Waals surface area contributed by atoms with E-state index in [0.717, 1.165) is 11.1 Å². The van der Waals surface area contributed by atoms with Crippen LogP contribution >= 0.6 is 0 Å². The van der Waals surface area contributed by atoms with Gasteiger partial charge in [0.25, 0.3) is 5.91 Å². The van der Waals surface area contributed by atoms with Crippen molar-refractivity contribution >= 4 is 11.9 Å². The van der Waals surface area contributed by atoms with E-state index in [1.165, 1.54) is 7.11 Å². The number of hydrogen-bond acceptors (Lipinski definition) is 3. The first-order valence-corrected chi connectivity index (χ1v) is 6.52. The van der Waals surface area contributed by atoms with Gasteiger partial charge in [0, 0.05) is 20.2 Å². The average molecular weight is 277 g/mol. The SMILES string of the molecule is COC(C)(C)C(=O)N1Cc2ccccc2C(C(=O)O)C1. The van der Waals surface area contributed by atoms with Crippen molar-refractivity contribution in [3.63, 3.8) is 0 Å². The Hall–Kier alpha value is -1.88. The van der Waals surface area contributed by atoms with E-state index in [4.69, 9.17) is 4.74 Å². The van der Waals surface area contributed by atoms with Gasteiger partial charge in [-0.15, -0.1) is 0 Å². The number of methoxy groups -OCH3 is 1. The largest absolute Gasteiger partial charge is 0.481 e. The first-order chi connectivity index (χ1) is 9.36. The van der Waals surface area contributed by atoms with Crippen LogP contribution in [0.4, 0.5) is 0 Å². The molecule has 1 aliphatic rings. The fourth-order valence-corrected chi connectivity index (χ4v) is 2.44. The highest BCUT2D eigenvalue weighted by molar-refractivity contribution is 5.86. The normalized spacial score (nSPS) is 18.6. The van der Waals surface area contributed by atoms with Crippen molar-refractivity contribution in [2.45, 2.75) is 31.9 Å². The molecule has 0 radical (unpaired) electrons. The number of hydrogen-bond donors (Lipinski definition) is 1. The Labute approximate surface area is 118 Å². The number of amides is 1. The topological polar surface area (TPSA) is 66.8 Å². The summed E-state index contributed by atoms with van der Waals surface area (Å²) in [4.78, 5) is 25.4. The van der Waals surface area contributed by atoms with Crippen molar-refractivity contribution in [2.75, 3.05) is 13.7 Å². The van der Waals surface area contributed by atoms with Crippen molar-refractivity contribution in [2.24, 2.45) is 0 Å². The minimum atomic E-state index is -0.949. The molecule has 1 amide bonds. The molecule has 0 spiro atoms. The minimum absolute atomic E-state index is 0.179. The molecule has 2 rings (SSSR count). The molecule has 1 unspecified atom stereocenters. The second kappa shape index (κ2) is 5.25. The maximum atomic E-state index is 12.4. The second-order valence-corrected chi connectivity index (χ2v) is 5.49. The highest BCUT2D eigenvalue weighted by Gasteiger charge is 2.38. The summed E-state index contributed by atoms with van der Waals surface area (Å²) in [7, 11) is 1.48. The van der Waals surface area contributed by atoms with E-state index in [2.05, 4.69) is 0 Å². The van der Waals surface area contributed by atoms with Crippen molar-refractivity contribution in [1.29, 1.82) is 0 Å². The Kier molecular flexibility index (Phi) is 3.81. The Morgan fingerprint density at radius 2 is 2.00 bits per heavy atom. The molecule has 5 nitrogen and oxygen atoms in total. The van der Waals surface area contributed by atoms with E-state index in [1.807, 2.05) is 24.3 Å². The molecule has 0 fully saturated rings. The van der Waals surface area contributed by atoms with Crippen LogP contribution in [-0.2, 0) is 20.9 Å². The van der Waals surface area contributed by atoms with E-state index in [1.54, 1.807) is 18.7 Å². The van der Waals surface area contributed by atoms with Crippen LogP contribution in [0.25, 0.3) is 0 Å². The fourth-order valence-electron chi connectivity index (χ4n) is 2.44. The van der Waals surface area contributed by atoms with Crippen LogP contribution in [0.1, 0.15) is 30.9 Å². The van der Waals surface area contributed by atoms with Crippen molar-refractivity contribution in [3.05, 3.63) is 35.4 Å². The number of carbonyl (C=O) groups is 2. The maximum absolute atomic E-state index is 12.4. The number of carbonyl (C=O) groups excluding carboxylic acids is 1. The smallest absolute Gasteiger partial charge is 0.312 e. The van der Waals surface area contributed by atoms with E-state index in [0.29, 0.717) is 6.54 Å². The van der Waals surface area contributed by atoms with Gasteiger partial charge < -0.3 is 14.7 Å². The van der Waals surface area contributed by atoms with Gasteiger partial charge in [-0.25, -0.2) is 0 Å². The third-order valence-corrected chi connectivity index (χ3v) is 3.81.